The van der Waals surface area contributed by atoms with E-state index in [-0.39, 0.29) is 45.4 Å². The van der Waals surface area contributed by atoms with E-state index in [4.69, 9.17) is 20.5 Å². The van der Waals surface area contributed by atoms with Gasteiger partial charge in [0.15, 0.2) is 5.75 Å². The Morgan fingerprint density at radius 3 is 2.48 bits per heavy atom. The molecule has 0 saturated carbocycles. The lowest BCUT2D eigenvalue weighted by atomic mass is 10.1. The first kappa shape index (κ1) is 29.2. The highest BCUT2D eigenvalue weighted by Crippen LogP contribution is 2.40. The van der Waals surface area contributed by atoms with Crippen LogP contribution in [-0.4, -0.2) is 37.0 Å². The van der Waals surface area contributed by atoms with Crippen LogP contribution in [0.25, 0.3) is 6.08 Å². The number of carbonyl (C=O) groups excluding carboxylic acids is 3. The van der Waals surface area contributed by atoms with Gasteiger partial charge in [0.05, 0.1) is 23.1 Å². The van der Waals surface area contributed by atoms with Gasteiger partial charge >= 0.3 is 10.1 Å². The minimum absolute atomic E-state index is 0.0404. The Labute approximate surface area is 241 Å². The van der Waals surface area contributed by atoms with Crippen molar-refractivity contribution in [3.05, 3.63) is 87.3 Å². The summed E-state index contributed by atoms with van der Waals surface area (Å²) >= 11 is 7.23. The number of carbonyl (C=O) groups is 3. The number of hydrogen-bond acceptors (Lipinski definition) is 8. The van der Waals surface area contributed by atoms with Crippen molar-refractivity contribution in [3.8, 4) is 11.5 Å². The lowest BCUT2D eigenvalue weighted by molar-refractivity contribution is -0.123. The molecule has 0 aliphatic carbocycles. The summed E-state index contributed by atoms with van der Waals surface area (Å²) in [5.74, 6) is -0.926. The molecule has 0 spiro atoms. The highest BCUT2D eigenvalue weighted by atomic mass is 35.5. The Balaban J connectivity index is 1.59. The van der Waals surface area contributed by atoms with Gasteiger partial charge in [0.25, 0.3) is 11.1 Å². The highest BCUT2D eigenvalue weighted by Gasteiger charge is 2.35. The van der Waals surface area contributed by atoms with Gasteiger partial charge in [0.1, 0.15) is 4.90 Å². The minimum atomic E-state index is -4.32. The smallest absolute Gasteiger partial charge is 0.339 e. The van der Waals surface area contributed by atoms with E-state index in [1.54, 1.807) is 6.92 Å². The fraction of sp³-hybridized carbons (Fsp3) is 0.179. The van der Waals surface area contributed by atoms with Gasteiger partial charge in [-0.15, -0.1) is 0 Å². The number of nitrogens with one attached hydrogen (secondary N) is 1. The molecule has 1 N–H and O–H groups in total. The molecule has 12 heteroatoms. The SMILES string of the molecule is CCOc1cc(/C=C2\SC(=O)N(Cc3cccc(C)c3)C2=O)cc(Cl)c1OS(=O)(=O)c1ccc(NC(C)=O)cc1. The van der Waals surface area contributed by atoms with E-state index in [1.807, 2.05) is 31.2 Å². The number of aryl methyl sites for hydroxylation is 1. The predicted octanol–water partition coefficient (Wildman–Crippen LogP) is 6.01. The molecule has 1 heterocycles. The molecule has 208 valence electrons. The molecule has 3 amide bonds. The van der Waals surface area contributed by atoms with Crippen LogP contribution in [0, 0.1) is 6.92 Å². The number of anilines is 1. The van der Waals surface area contributed by atoms with Crippen LogP contribution in [0.15, 0.2) is 70.5 Å². The van der Waals surface area contributed by atoms with Crippen LogP contribution in [0.5, 0.6) is 11.5 Å². The lowest BCUT2D eigenvalue weighted by Gasteiger charge is -2.15. The van der Waals surface area contributed by atoms with Gasteiger partial charge in [-0.25, -0.2) is 0 Å². The Morgan fingerprint density at radius 1 is 1.10 bits per heavy atom. The largest absolute Gasteiger partial charge is 0.490 e. The van der Waals surface area contributed by atoms with Crippen molar-refractivity contribution in [3.63, 3.8) is 0 Å². The van der Waals surface area contributed by atoms with E-state index in [1.165, 1.54) is 49.4 Å². The Hall–Kier alpha value is -3.80. The molecule has 9 nitrogen and oxygen atoms in total. The average molecular weight is 601 g/mol. The number of ether oxygens (including phenoxy) is 1. The second-order valence-electron chi connectivity index (χ2n) is 8.76. The van der Waals surface area contributed by atoms with Crippen molar-refractivity contribution < 1.29 is 31.7 Å². The van der Waals surface area contributed by atoms with E-state index in [0.717, 1.165) is 27.8 Å². The number of benzene rings is 3. The molecule has 3 aromatic carbocycles. The molecular weight excluding hydrogens is 576 g/mol. The normalized spacial score (nSPS) is 14.5. The van der Waals surface area contributed by atoms with Gasteiger partial charge in [-0.1, -0.05) is 41.4 Å². The van der Waals surface area contributed by atoms with E-state index in [2.05, 4.69) is 5.32 Å². The predicted molar refractivity (Wildman–Crippen MR) is 154 cm³/mol. The van der Waals surface area contributed by atoms with Gasteiger partial charge in [-0.05, 0) is 79.2 Å². The molecule has 0 bridgehead atoms. The summed E-state index contributed by atoms with van der Waals surface area (Å²) in [6, 6.07) is 15.9. The van der Waals surface area contributed by atoms with Crippen LogP contribution in [0.1, 0.15) is 30.5 Å². The maximum atomic E-state index is 13.0. The maximum Gasteiger partial charge on any atom is 0.339 e. The molecular formula is C28H25ClN2O7S2. The molecule has 4 rings (SSSR count). The molecule has 1 aliphatic heterocycles. The van der Waals surface area contributed by atoms with E-state index >= 15 is 0 Å². The van der Waals surface area contributed by atoms with Crippen LogP contribution >= 0.6 is 23.4 Å². The summed E-state index contributed by atoms with van der Waals surface area (Å²) < 4.78 is 36.9. The first-order valence-corrected chi connectivity index (χ1v) is 14.7. The quantitative estimate of drug-likeness (QED) is 0.234. The van der Waals surface area contributed by atoms with Crippen LogP contribution in [0.2, 0.25) is 5.02 Å². The summed E-state index contributed by atoms with van der Waals surface area (Å²) in [6.07, 6.45) is 1.49. The zero-order chi connectivity index (χ0) is 29.0. The first-order valence-electron chi connectivity index (χ1n) is 12.1. The molecule has 0 radical (unpaired) electrons. The molecule has 1 aliphatic rings. The van der Waals surface area contributed by atoms with Crippen LogP contribution < -0.4 is 14.2 Å². The van der Waals surface area contributed by atoms with Crippen LogP contribution in [0.4, 0.5) is 10.5 Å². The molecule has 40 heavy (non-hydrogen) atoms. The van der Waals surface area contributed by atoms with Gasteiger partial charge < -0.3 is 14.2 Å². The summed E-state index contributed by atoms with van der Waals surface area (Å²) in [5.41, 5.74) is 2.69. The van der Waals surface area contributed by atoms with Crippen molar-refractivity contribution in [1.29, 1.82) is 0 Å². The minimum Gasteiger partial charge on any atom is -0.490 e. The zero-order valence-electron chi connectivity index (χ0n) is 21.8. The van der Waals surface area contributed by atoms with E-state index < -0.39 is 21.3 Å². The second-order valence-corrected chi connectivity index (χ2v) is 11.7. The monoisotopic (exact) mass is 600 g/mol. The highest BCUT2D eigenvalue weighted by molar-refractivity contribution is 8.18. The molecule has 0 atom stereocenters. The third kappa shape index (κ3) is 6.85. The first-order chi connectivity index (χ1) is 19.0. The van der Waals surface area contributed by atoms with Crippen LogP contribution in [-0.2, 0) is 26.3 Å². The van der Waals surface area contributed by atoms with Gasteiger partial charge in [-0.2, -0.15) is 8.42 Å². The number of imide groups is 1. The van der Waals surface area contributed by atoms with E-state index in [0.29, 0.717) is 11.3 Å². The van der Waals surface area contributed by atoms with Gasteiger partial charge in [-0.3, -0.25) is 19.3 Å². The Bertz CT molecular complexity index is 1620. The molecule has 3 aromatic rings. The van der Waals surface area contributed by atoms with Crippen molar-refractivity contribution in [2.24, 2.45) is 0 Å². The fourth-order valence-corrected chi connectivity index (χ4v) is 5.96. The number of nitrogens with zero attached hydrogens (tertiary/aromatic N) is 1. The third-order valence-corrected chi connectivity index (χ3v) is 8.01. The molecule has 1 fully saturated rings. The number of amides is 3. The number of rotatable bonds is 9. The van der Waals surface area contributed by atoms with E-state index in [9.17, 15) is 22.8 Å². The molecule has 0 aromatic heterocycles. The Kier molecular flexibility index (Phi) is 8.87. The lowest BCUT2D eigenvalue weighted by Crippen LogP contribution is -2.27. The second kappa shape index (κ2) is 12.2. The standard InChI is InChI=1S/C28H25ClN2O7S2/c1-4-37-24-14-20(15-25-27(33)31(28(34)39-25)16-19-7-5-6-17(2)12-19)13-23(29)26(24)38-40(35,36)22-10-8-21(9-11-22)30-18(3)32/h5-15H,4,16H2,1-3H3,(H,30,32)/b25-15-. The summed E-state index contributed by atoms with van der Waals surface area (Å²) in [5, 5.41) is 2.08. The average Bonchev–Trinajstić information content (AvgIpc) is 3.13. The van der Waals surface area contributed by atoms with Gasteiger partial charge in [0, 0.05) is 12.6 Å². The summed E-state index contributed by atoms with van der Waals surface area (Å²) in [7, 11) is -4.32. The Morgan fingerprint density at radius 2 is 1.82 bits per heavy atom. The number of thioether (sulfide) groups is 1. The number of halogens is 1. The van der Waals surface area contributed by atoms with Crippen molar-refractivity contribution in [1.82, 2.24) is 4.90 Å². The number of hydrogen-bond donors (Lipinski definition) is 1. The topological polar surface area (TPSA) is 119 Å². The zero-order valence-corrected chi connectivity index (χ0v) is 24.2. The summed E-state index contributed by atoms with van der Waals surface area (Å²) in [6.45, 7) is 5.29. The van der Waals surface area contributed by atoms with Crippen molar-refractivity contribution in [2.45, 2.75) is 32.2 Å². The fourth-order valence-electron chi connectivity index (χ4n) is 3.86. The summed E-state index contributed by atoms with van der Waals surface area (Å²) in [4.78, 5) is 38.0. The van der Waals surface area contributed by atoms with Crippen molar-refractivity contribution in [2.75, 3.05) is 11.9 Å². The van der Waals surface area contributed by atoms with Crippen molar-refractivity contribution >= 4 is 62.3 Å². The molecule has 0 unspecified atom stereocenters. The maximum absolute atomic E-state index is 13.0. The van der Waals surface area contributed by atoms with Crippen LogP contribution in [0.3, 0.4) is 0 Å². The molecule has 1 saturated heterocycles. The third-order valence-electron chi connectivity index (χ3n) is 5.58. The van der Waals surface area contributed by atoms with Gasteiger partial charge in [0.2, 0.25) is 11.7 Å².